The van der Waals surface area contributed by atoms with E-state index in [4.69, 9.17) is 0 Å². The van der Waals surface area contributed by atoms with Crippen molar-refractivity contribution in [3.63, 3.8) is 0 Å². The summed E-state index contributed by atoms with van der Waals surface area (Å²) in [5.74, 6) is -0.309. The zero-order valence-corrected chi connectivity index (χ0v) is 14.2. The van der Waals surface area contributed by atoms with Crippen molar-refractivity contribution in [3.8, 4) is 11.3 Å². The number of aromatic amines is 1. The number of carbonyl (C=O) groups is 1. The Morgan fingerprint density at radius 1 is 1.29 bits per heavy atom. The summed E-state index contributed by atoms with van der Waals surface area (Å²) in [5.41, 5.74) is 2.50. The Kier molecular flexibility index (Phi) is 5.02. The Bertz CT molecular complexity index is 835. The van der Waals surface area contributed by atoms with Gasteiger partial charge in [0, 0.05) is 29.0 Å². The lowest BCUT2D eigenvalue weighted by Gasteiger charge is -2.12. The third kappa shape index (κ3) is 3.69. The minimum Gasteiger partial charge on any atom is -0.387 e. The van der Waals surface area contributed by atoms with E-state index in [9.17, 15) is 9.90 Å². The second-order valence-corrected chi connectivity index (χ2v) is 6.10. The molecule has 0 saturated carbocycles. The lowest BCUT2D eigenvalue weighted by Crippen LogP contribution is -2.28. The molecule has 3 rings (SSSR count). The molecule has 0 saturated heterocycles. The Morgan fingerprint density at radius 2 is 2.17 bits per heavy atom. The molecular formula is C17H15BrN4O2. The van der Waals surface area contributed by atoms with Gasteiger partial charge in [0.1, 0.15) is 0 Å². The number of halogens is 1. The van der Waals surface area contributed by atoms with Gasteiger partial charge in [0.15, 0.2) is 0 Å². The van der Waals surface area contributed by atoms with Crippen molar-refractivity contribution in [3.05, 3.63) is 70.6 Å². The van der Waals surface area contributed by atoms with Gasteiger partial charge in [0.05, 0.1) is 23.6 Å². The Labute approximate surface area is 147 Å². The SMILES string of the molecule is O=C(NC[C@@H](O)c1cccc(Br)c1)c1cn[nH]c1-c1cccnc1. The molecule has 0 bridgehead atoms. The zero-order valence-electron chi connectivity index (χ0n) is 12.6. The second-order valence-electron chi connectivity index (χ2n) is 5.18. The average Bonchev–Trinajstić information content (AvgIpc) is 3.10. The van der Waals surface area contributed by atoms with Crippen molar-refractivity contribution in [1.29, 1.82) is 0 Å². The van der Waals surface area contributed by atoms with Crippen LogP contribution in [0, 0.1) is 0 Å². The maximum absolute atomic E-state index is 12.4. The van der Waals surface area contributed by atoms with Gasteiger partial charge in [-0.2, -0.15) is 5.10 Å². The van der Waals surface area contributed by atoms with Crippen LogP contribution in [-0.4, -0.2) is 32.7 Å². The molecule has 1 aromatic carbocycles. The van der Waals surface area contributed by atoms with Gasteiger partial charge in [-0.3, -0.25) is 14.9 Å². The Morgan fingerprint density at radius 3 is 2.92 bits per heavy atom. The molecule has 0 unspecified atom stereocenters. The van der Waals surface area contributed by atoms with Crippen LogP contribution in [0.15, 0.2) is 59.5 Å². The number of pyridine rings is 1. The third-order valence-corrected chi connectivity index (χ3v) is 4.02. The maximum atomic E-state index is 12.4. The average molecular weight is 387 g/mol. The van der Waals surface area contributed by atoms with Crippen LogP contribution in [0.1, 0.15) is 22.0 Å². The van der Waals surface area contributed by atoms with E-state index < -0.39 is 6.10 Å². The van der Waals surface area contributed by atoms with Gasteiger partial charge in [-0.1, -0.05) is 28.1 Å². The molecule has 0 aliphatic rings. The van der Waals surface area contributed by atoms with Crippen LogP contribution in [0.3, 0.4) is 0 Å². The molecule has 0 aliphatic heterocycles. The molecule has 1 atom stereocenters. The standard InChI is InChI=1S/C17H15BrN4O2/c18-13-5-1-3-11(7-13)15(23)10-20-17(24)14-9-21-22-16(14)12-4-2-6-19-8-12/h1-9,15,23H,10H2,(H,20,24)(H,21,22)/t15-/m1/s1. The number of benzene rings is 1. The van der Waals surface area contributed by atoms with Gasteiger partial charge in [0.2, 0.25) is 0 Å². The molecule has 3 N–H and O–H groups in total. The molecule has 122 valence electrons. The monoisotopic (exact) mass is 386 g/mol. The summed E-state index contributed by atoms with van der Waals surface area (Å²) in [6, 6.07) is 11.0. The van der Waals surface area contributed by atoms with Gasteiger partial charge < -0.3 is 10.4 Å². The molecular weight excluding hydrogens is 372 g/mol. The summed E-state index contributed by atoms with van der Waals surface area (Å²) < 4.78 is 0.874. The first-order valence-corrected chi connectivity index (χ1v) is 8.10. The molecule has 6 nitrogen and oxygen atoms in total. The third-order valence-electron chi connectivity index (χ3n) is 3.52. The van der Waals surface area contributed by atoms with E-state index in [1.54, 1.807) is 24.5 Å². The fourth-order valence-electron chi connectivity index (χ4n) is 2.31. The lowest BCUT2D eigenvalue weighted by atomic mass is 10.1. The highest BCUT2D eigenvalue weighted by Crippen LogP contribution is 2.20. The largest absolute Gasteiger partial charge is 0.387 e. The first kappa shape index (κ1) is 16.4. The number of rotatable bonds is 5. The van der Waals surface area contributed by atoms with E-state index in [-0.39, 0.29) is 12.5 Å². The van der Waals surface area contributed by atoms with Gasteiger partial charge in [-0.15, -0.1) is 0 Å². The minimum absolute atomic E-state index is 0.104. The number of H-pyrrole nitrogens is 1. The van der Waals surface area contributed by atoms with Crippen LogP contribution in [0.5, 0.6) is 0 Å². The molecule has 2 heterocycles. The second kappa shape index (κ2) is 7.37. The van der Waals surface area contributed by atoms with Gasteiger partial charge in [0.25, 0.3) is 5.91 Å². The van der Waals surface area contributed by atoms with Crippen LogP contribution in [-0.2, 0) is 0 Å². The van der Waals surface area contributed by atoms with E-state index in [1.807, 2.05) is 24.3 Å². The molecule has 0 spiro atoms. The topological polar surface area (TPSA) is 90.9 Å². The highest BCUT2D eigenvalue weighted by atomic mass is 79.9. The van der Waals surface area contributed by atoms with E-state index >= 15 is 0 Å². The molecule has 1 amide bonds. The smallest absolute Gasteiger partial charge is 0.255 e. The highest BCUT2D eigenvalue weighted by Gasteiger charge is 2.17. The van der Waals surface area contributed by atoms with Crippen molar-refractivity contribution < 1.29 is 9.90 Å². The zero-order chi connectivity index (χ0) is 16.9. The number of hydrogen-bond donors (Lipinski definition) is 3. The summed E-state index contributed by atoms with van der Waals surface area (Å²) in [5, 5.41) is 19.7. The van der Waals surface area contributed by atoms with E-state index in [1.165, 1.54) is 6.20 Å². The Balaban J connectivity index is 1.69. The van der Waals surface area contributed by atoms with Crippen molar-refractivity contribution in [2.75, 3.05) is 6.54 Å². The number of aliphatic hydroxyl groups is 1. The van der Waals surface area contributed by atoms with Crippen molar-refractivity contribution in [1.82, 2.24) is 20.5 Å². The highest BCUT2D eigenvalue weighted by molar-refractivity contribution is 9.10. The first-order valence-electron chi connectivity index (χ1n) is 7.30. The molecule has 24 heavy (non-hydrogen) atoms. The lowest BCUT2D eigenvalue weighted by molar-refractivity contribution is 0.0917. The van der Waals surface area contributed by atoms with Crippen molar-refractivity contribution in [2.24, 2.45) is 0 Å². The fraction of sp³-hybridized carbons (Fsp3) is 0.118. The first-order chi connectivity index (χ1) is 11.6. The van der Waals surface area contributed by atoms with Crippen LogP contribution in [0.25, 0.3) is 11.3 Å². The number of nitrogens with one attached hydrogen (secondary N) is 2. The van der Waals surface area contributed by atoms with Gasteiger partial charge >= 0.3 is 0 Å². The van der Waals surface area contributed by atoms with Crippen LogP contribution < -0.4 is 5.32 Å². The van der Waals surface area contributed by atoms with E-state index in [2.05, 4.69) is 36.4 Å². The number of nitrogens with zero attached hydrogens (tertiary/aromatic N) is 2. The molecule has 7 heteroatoms. The molecule has 0 aliphatic carbocycles. The number of amides is 1. The van der Waals surface area contributed by atoms with Crippen molar-refractivity contribution in [2.45, 2.75) is 6.10 Å². The van der Waals surface area contributed by atoms with Crippen LogP contribution in [0.2, 0.25) is 0 Å². The predicted molar refractivity (Wildman–Crippen MR) is 93.3 cm³/mol. The van der Waals surface area contributed by atoms with E-state index in [0.29, 0.717) is 11.3 Å². The normalized spacial score (nSPS) is 11.9. The number of hydrogen-bond acceptors (Lipinski definition) is 4. The summed E-state index contributed by atoms with van der Waals surface area (Å²) in [6.07, 6.45) is 3.98. The Hall–Kier alpha value is -2.51. The van der Waals surface area contributed by atoms with Crippen molar-refractivity contribution >= 4 is 21.8 Å². The molecule has 2 aromatic heterocycles. The number of aliphatic hydroxyl groups excluding tert-OH is 1. The quantitative estimate of drug-likeness (QED) is 0.628. The van der Waals surface area contributed by atoms with Gasteiger partial charge in [-0.25, -0.2) is 0 Å². The summed E-state index contributed by atoms with van der Waals surface area (Å²) in [7, 11) is 0. The van der Waals surface area contributed by atoms with E-state index in [0.717, 1.165) is 15.6 Å². The summed E-state index contributed by atoms with van der Waals surface area (Å²) in [6.45, 7) is 0.104. The summed E-state index contributed by atoms with van der Waals surface area (Å²) >= 11 is 3.36. The van der Waals surface area contributed by atoms with Crippen LogP contribution >= 0.6 is 15.9 Å². The fourth-order valence-corrected chi connectivity index (χ4v) is 2.72. The van der Waals surface area contributed by atoms with Gasteiger partial charge in [-0.05, 0) is 29.8 Å². The molecule has 3 aromatic rings. The van der Waals surface area contributed by atoms with Crippen LogP contribution in [0.4, 0.5) is 0 Å². The predicted octanol–water partition coefficient (Wildman–Crippen LogP) is 2.70. The summed E-state index contributed by atoms with van der Waals surface area (Å²) in [4.78, 5) is 16.4. The number of carbonyl (C=O) groups excluding carboxylic acids is 1. The minimum atomic E-state index is -0.791. The molecule has 0 radical (unpaired) electrons. The maximum Gasteiger partial charge on any atom is 0.255 e. The number of aromatic nitrogens is 3. The molecule has 0 fully saturated rings.